The number of benzene rings is 1. The van der Waals surface area contributed by atoms with Crippen molar-refractivity contribution in [3.05, 3.63) is 42.2 Å². The molecule has 4 nitrogen and oxygen atoms in total. The fourth-order valence-corrected chi connectivity index (χ4v) is 3.09. The molecular weight excluding hydrogens is 260 g/mol. The summed E-state index contributed by atoms with van der Waals surface area (Å²) in [6.07, 6.45) is 4.79. The first-order valence-electron chi connectivity index (χ1n) is 6.14. The van der Waals surface area contributed by atoms with E-state index >= 15 is 0 Å². The maximum atomic E-state index is 11.8. The van der Waals surface area contributed by atoms with Crippen molar-refractivity contribution in [2.24, 2.45) is 0 Å². The zero-order chi connectivity index (χ0) is 14.0. The molecule has 0 bridgehead atoms. The SMILES string of the molecule is CNC(c1cccc2cnccc12)C(C)S(C)(=O)=O. The van der Waals surface area contributed by atoms with Gasteiger partial charge in [-0.05, 0) is 31.0 Å². The number of nitrogens with zero attached hydrogens (tertiary/aromatic N) is 1. The average Bonchev–Trinajstić information content (AvgIpc) is 2.38. The lowest BCUT2D eigenvalue weighted by Crippen LogP contribution is -2.33. The lowest BCUT2D eigenvalue weighted by molar-refractivity contribution is 0.537. The van der Waals surface area contributed by atoms with Crippen molar-refractivity contribution in [1.82, 2.24) is 10.3 Å². The zero-order valence-corrected chi connectivity index (χ0v) is 12.1. The summed E-state index contributed by atoms with van der Waals surface area (Å²) in [5.74, 6) is 0. The smallest absolute Gasteiger partial charge is 0.151 e. The van der Waals surface area contributed by atoms with Gasteiger partial charge >= 0.3 is 0 Å². The molecule has 102 valence electrons. The molecule has 5 heteroatoms. The van der Waals surface area contributed by atoms with Gasteiger partial charge in [0.1, 0.15) is 0 Å². The molecular formula is C14H18N2O2S. The molecule has 0 saturated heterocycles. The van der Waals surface area contributed by atoms with Crippen LogP contribution in [0, 0.1) is 0 Å². The van der Waals surface area contributed by atoms with E-state index in [4.69, 9.17) is 0 Å². The van der Waals surface area contributed by atoms with Crippen LogP contribution >= 0.6 is 0 Å². The van der Waals surface area contributed by atoms with Gasteiger partial charge in [0.15, 0.2) is 9.84 Å². The lowest BCUT2D eigenvalue weighted by Gasteiger charge is -2.24. The largest absolute Gasteiger partial charge is 0.312 e. The van der Waals surface area contributed by atoms with Gasteiger partial charge < -0.3 is 5.32 Å². The van der Waals surface area contributed by atoms with Crippen LogP contribution in [0.15, 0.2) is 36.7 Å². The molecule has 2 atom stereocenters. The Morgan fingerprint density at radius 1 is 1.26 bits per heavy atom. The molecule has 0 spiro atoms. The number of nitrogens with one attached hydrogen (secondary N) is 1. The van der Waals surface area contributed by atoms with E-state index in [2.05, 4.69) is 10.3 Å². The molecule has 0 aliphatic heterocycles. The highest BCUT2D eigenvalue weighted by atomic mass is 32.2. The topological polar surface area (TPSA) is 59.1 Å². The third-order valence-electron chi connectivity index (χ3n) is 3.51. The summed E-state index contributed by atoms with van der Waals surface area (Å²) < 4.78 is 23.6. The second-order valence-electron chi connectivity index (χ2n) is 4.75. The van der Waals surface area contributed by atoms with Gasteiger partial charge in [0.2, 0.25) is 0 Å². The third-order valence-corrected chi connectivity index (χ3v) is 5.13. The van der Waals surface area contributed by atoms with E-state index in [9.17, 15) is 8.42 Å². The summed E-state index contributed by atoms with van der Waals surface area (Å²) >= 11 is 0. The van der Waals surface area contributed by atoms with E-state index in [1.165, 1.54) is 6.26 Å². The van der Waals surface area contributed by atoms with Gasteiger partial charge in [-0.3, -0.25) is 4.98 Å². The van der Waals surface area contributed by atoms with Crippen LogP contribution in [0.2, 0.25) is 0 Å². The van der Waals surface area contributed by atoms with Crippen LogP contribution in [0.5, 0.6) is 0 Å². The van der Waals surface area contributed by atoms with Gasteiger partial charge in [-0.1, -0.05) is 18.2 Å². The monoisotopic (exact) mass is 278 g/mol. The number of hydrogen-bond acceptors (Lipinski definition) is 4. The van der Waals surface area contributed by atoms with Crippen molar-refractivity contribution in [3.63, 3.8) is 0 Å². The number of pyridine rings is 1. The third kappa shape index (κ3) is 2.77. The highest BCUT2D eigenvalue weighted by molar-refractivity contribution is 7.91. The molecule has 1 aromatic heterocycles. The summed E-state index contributed by atoms with van der Waals surface area (Å²) in [6.45, 7) is 1.73. The van der Waals surface area contributed by atoms with E-state index in [0.717, 1.165) is 16.3 Å². The average molecular weight is 278 g/mol. The van der Waals surface area contributed by atoms with Gasteiger partial charge in [0.25, 0.3) is 0 Å². The van der Waals surface area contributed by atoms with Gasteiger partial charge in [-0.15, -0.1) is 0 Å². The van der Waals surface area contributed by atoms with Crippen molar-refractivity contribution in [2.45, 2.75) is 18.2 Å². The molecule has 1 N–H and O–H groups in total. The molecule has 0 amide bonds. The van der Waals surface area contributed by atoms with Crippen LogP contribution in [-0.2, 0) is 9.84 Å². The van der Waals surface area contributed by atoms with E-state index in [1.807, 2.05) is 24.3 Å². The Labute approximate surface area is 113 Å². The van der Waals surface area contributed by atoms with E-state index < -0.39 is 15.1 Å². The Bertz CT molecular complexity index is 677. The number of rotatable bonds is 4. The minimum Gasteiger partial charge on any atom is -0.312 e. The standard InChI is InChI=1S/C14H18N2O2S/c1-10(19(3,17)18)14(15-2)13-6-4-5-11-9-16-8-7-12(11)13/h4-10,14-15H,1-3H3. The summed E-state index contributed by atoms with van der Waals surface area (Å²) in [4.78, 5) is 4.09. The van der Waals surface area contributed by atoms with Crippen molar-refractivity contribution in [2.75, 3.05) is 13.3 Å². The van der Waals surface area contributed by atoms with E-state index in [-0.39, 0.29) is 6.04 Å². The summed E-state index contributed by atoms with van der Waals surface area (Å²) in [7, 11) is -1.32. The normalized spacial score (nSPS) is 15.3. The molecule has 0 aliphatic rings. The molecule has 2 unspecified atom stereocenters. The first-order chi connectivity index (χ1) is 8.95. The molecule has 0 radical (unpaired) electrons. The van der Waals surface area contributed by atoms with Crippen molar-refractivity contribution in [3.8, 4) is 0 Å². The zero-order valence-electron chi connectivity index (χ0n) is 11.3. The van der Waals surface area contributed by atoms with Crippen LogP contribution in [-0.4, -0.2) is 32.0 Å². The Morgan fingerprint density at radius 3 is 2.63 bits per heavy atom. The van der Waals surface area contributed by atoms with E-state index in [0.29, 0.717) is 0 Å². The molecule has 2 rings (SSSR count). The van der Waals surface area contributed by atoms with Crippen LogP contribution in [0.3, 0.4) is 0 Å². The molecule has 0 aliphatic carbocycles. The Morgan fingerprint density at radius 2 is 2.00 bits per heavy atom. The predicted molar refractivity (Wildman–Crippen MR) is 77.8 cm³/mol. The first kappa shape index (κ1) is 14.0. The quantitative estimate of drug-likeness (QED) is 0.928. The number of aromatic nitrogens is 1. The minimum atomic E-state index is -3.11. The van der Waals surface area contributed by atoms with Crippen molar-refractivity contribution in [1.29, 1.82) is 0 Å². The van der Waals surface area contributed by atoms with Crippen LogP contribution in [0.1, 0.15) is 18.5 Å². The molecule has 19 heavy (non-hydrogen) atoms. The van der Waals surface area contributed by atoms with Gasteiger partial charge in [-0.25, -0.2) is 8.42 Å². The highest BCUT2D eigenvalue weighted by Crippen LogP contribution is 2.28. The van der Waals surface area contributed by atoms with Gasteiger partial charge in [0, 0.05) is 30.1 Å². The molecule has 0 saturated carbocycles. The van der Waals surface area contributed by atoms with Gasteiger partial charge in [-0.2, -0.15) is 0 Å². The van der Waals surface area contributed by atoms with Crippen molar-refractivity contribution >= 4 is 20.6 Å². The fraction of sp³-hybridized carbons (Fsp3) is 0.357. The number of fused-ring (bicyclic) bond motifs is 1. The van der Waals surface area contributed by atoms with Gasteiger partial charge in [0.05, 0.1) is 5.25 Å². The highest BCUT2D eigenvalue weighted by Gasteiger charge is 2.27. The minimum absolute atomic E-state index is 0.235. The second kappa shape index (κ2) is 5.27. The van der Waals surface area contributed by atoms with Crippen LogP contribution in [0.4, 0.5) is 0 Å². The Hall–Kier alpha value is -1.46. The lowest BCUT2D eigenvalue weighted by atomic mass is 9.98. The summed E-state index contributed by atoms with van der Waals surface area (Å²) in [6, 6.07) is 7.55. The Kier molecular flexibility index (Phi) is 3.87. The number of sulfone groups is 1. The van der Waals surface area contributed by atoms with Crippen LogP contribution < -0.4 is 5.32 Å². The summed E-state index contributed by atoms with van der Waals surface area (Å²) in [5, 5.41) is 4.68. The maximum absolute atomic E-state index is 11.8. The first-order valence-corrected chi connectivity index (χ1v) is 8.09. The molecule has 2 aromatic rings. The van der Waals surface area contributed by atoms with E-state index in [1.54, 1.807) is 26.4 Å². The number of hydrogen-bond donors (Lipinski definition) is 1. The predicted octanol–water partition coefficient (Wildman–Crippen LogP) is 1.93. The molecule has 0 fully saturated rings. The van der Waals surface area contributed by atoms with Crippen LogP contribution in [0.25, 0.3) is 10.8 Å². The molecule has 1 aromatic carbocycles. The van der Waals surface area contributed by atoms with Crippen molar-refractivity contribution < 1.29 is 8.42 Å². The molecule has 1 heterocycles. The summed E-state index contributed by atoms with van der Waals surface area (Å²) in [5.41, 5.74) is 0.986. The maximum Gasteiger partial charge on any atom is 0.151 e. The second-order valence-corrected chi connectivity index (χ2v) is 7.15. The Balaban J connectivity index is 2.59. The fourth-order valence-electron chi connectivity index (χ4n) is 2.31.